The van der Waals surface area contributed by atoms with Gasteiger partial charge in [-0.25, -0.2) is 10.4 Å². The van der Waals surface area contributed by atoms with E-state index >= 15 is 0 Å². The van der Waals surface area contributed by atoms with Crippen LogP contribution in [0.3, 0.4) is 0 Å². The number of nitrogens with zero attached hydrogens (tertiary/aromatic N) is 3. The summed E-state index contributed by atoms with van der Waals surface area (Å²) < 4.78 is 0.691. The highest BCUT2D eigenvalue weighted by molar-refractivity contribution is 9.10. The fourth-order valence-corrected chi connectivity index (χ4v) is 4.08. The van der Waals surface area contributed by atoms with Crippen LogP contribution in [-0.4, -0.2) is 33.2 Å². The number of anilines is 1. The molecule has 1 aromatic heterocycles. The highest BCUT2D eigenvalue weighted by atomic mass is 79.9. The Bertz CT molecular complexity index is 1440. The van der Waals surface area contributed by atoms with E-state index in [1.165, 1.54) is 11.9 Å². The van der Waals surface area contributed by atoms with Crippen molar-refractivity contribution in [2.75, 3.05) is 5.32 Å². The van der Waals surface area contributed by atoms with Crippen molar-refractivity contribution in [2.24, 2.45) is 5.10 Å². The second-order valence-corrected chi connectivity index (χ2v) is 9.52. The number of carbonyl (C=O) groups excluding carboxylic acids is 2. The fraction of sp³-hybridized carbons (Fsp3) is 0.115. The molecule has 0 fully saturated rings. The van der Waals surface area contributed by atoms with E-state index in [2.05, 4.69) is 59.6 Å². The minimum atomic E-state index is -0.457. The van der Waals surface area contributed by atoms with Gasteiger partial charge in [-0.2, -0.15) is 22.8 Å². The number of aromatic nitrogens is 3. The third-order valence-electron chi connectivity index (χ3n) is 5.54. The number of thiol groups is 1. The minimum absolute atomic E-state index is 0.264. The fourth-order valence-electron chi connectivity index (χ4n) is 3.43. The molecule has 4 rings (SSSR count). The van der Waals surface area contributed by atoms with Gasteiger partial charge in [0.05, 0.1) is 22.7 Å². The van der Waals surface area contributed by atoms with Crippen LogP contribution in [0.4, 0.5) is 5.69 Å². The van der Waals surface area contributed by atoms with Crippen LogP contribution in [0.2, 0.25) is 0 Å². The predicted molar refractivity (Wildman–Crippen MR) is 147 cm³/mol. The monoisotopic (exact) mass is 562 g/mol. The molecule has 0 aliphatic rings. The molecule has 3 N–H and O–H groups in total. The second-order valence-electron chi connectivity index (χ2n) is 8.09. The van der Waals surface area contributed by atoms with Crippen LogP contribution >= 0.6 is 28.6 Å². The quantitative estimate of drug-likeness (QED) is 0.140. The van der Waals surface area contributed by atoms with E-state index in [1.54, 1.807) is 42.6 Å². The number of amides is 2. The van der Waals surface area contributed by atoms with E-state index < -0.39 is 5.91 Å². The SMILES string of the molecule is Cc1ccc(/C=N/NC(=O)c2cc(Br)ccc2NC(=O)c2cccc(C(S)c3ncn[nH]3)c2)cc1C. The summed E-state index contributed by atoms with van der Waals surface area (Å²) in [5.74, 6) is -0.254. The molecule has 36 heavy (non-hydrogen) atoms. The van der Waals surface area contributed by atoms with Crippen LogP contribution in [0.25, 0.3) is 0 Å². The van der Waals surface area contributed by atoms with Crippen molar-refractivity contribution >= 4 is 52.3 Å². The lowest BCUT2D eigenvalue weighted by molar-refractivity contribution is 0.0956. The molecule has 2 amide bonds. The molecular formula is C26H23BrN6O2S. The van der Waals surface area contributed by atoms with Crippen molar-refractivity contribution < 1.29 is 9.59 Å². The molecule has 0 aliphatic heterocycles. The zero-order valence-electron chi connectivity index (χ0n) is 19.5. The topological polar surface area (TPSA) is 112 Å². The number of aromatic amines is 1. The van der Waals surface area contributed by atoms with E-state index in [0.717, 1.165) is 16.7 Å². The molecule has 1 unspecified atom stereocenters. The third-order valence-corrected chi connectivity index (χ3v) is 6.58. The van der Waals surface area contributed by atoms with Gasteiger partial charge in [0.2, 0.25) is 0 Å². The predicted octanol–water partition coefficient (Wildman–Crippen LogP) is 5.22. The number of hydrazone groups is 1. The van der Waals surface area contributed by atoms with E-state index in [9.17, 15) is 9.59 Å². The average Bonchev–Trinajstić information content (AvgIpc) is 3.42. The molecule has 182 valence electrons. The molecule has 4 aromatic rings. The summed E-state index contributed by atoms with van der Waals surface area (Å²) in [5, 5.41) is 13.2. The van der Waals surface area contributed by atoms with Gasteiger partial charge in [-0.1, -0.05) is 46.3 Å². The molecule has 0 saturated carbocycles. The summed E-state index contributed by atoms with van der Waals surface area (Å²) >= 11 is 7.96. The van der Waals surface area contributed by atoms with Gasteiger partial charge in [-0.3, -0.25) is 14.7 Å². The first-order chi connectivity index (χ1) is 17.3. The van der Waals surface area contributed by atoms with Crippen LogP contribution < -0.4 is 10.7 Å². The van der Waals surface area contributed by atoms with Crippen molar-refractivity contribution in [3.63, 3.8) is 0 Å². The van der Waals surface area contributed by atoms with E-state index in [4.69, 9.17) is 0 Å². The summed E-state index contributed by atoms with van der Waals surface area (Å²) in [6.07, 6.45) is 2.98. The van der Waals surface area contributed by atoms with Crippen molar-refractivity contribution in [3.8, 4) is 0 Å². The number of nitrogens with one attached hydrogen (secondary N) is 3. The lowest BCUT2D eigenvalue weighted by Gasteiger charge is -2.13. The van der Waals surface area contributed by atoms with E-state index in [0.29, 0.717) is 21.5 Å². The van der Waals surface area contributed by atoms with Crippen LogP contribution in [0, 0.1) is 13.8 Å². The number of aryl methyl sites for hydroxylation is 2. The van der Waals surface area contributed by atoms with Crippen molar-refractivity contribution in [1.29, 1.82) is 0 Å². The first-order valence-corrected chi connectivity index (χ1v) is 12.3. The highest BCUT2D eigenvalue weighted by Crippen LogP contribution is 2.27. The van der Waals surface area contributed by atoms with Crippen LogP contribution in [0.1, 0.15) is 54.0 Å². The second kappa shape index (κ2) is 11.3. The first-order valence-electron chi connectivity index (χ1n) is 11.0. The van der Waals surface area contributed by atoms with Gasteiger partial charge in [0.1, 0.15) is 12.2 Å². The zero-order valence-corrected chi connectivity index (χ0v) is 22.0. The Morgan fingerprint density at radius 2 is 1.89 bits per heavy atom. The lowest BCUT2D eigenvalue weighted by Crippen LogP contribution is -2.21. The molecule has 0 radical (unpaired) electrons. The number of halogens is 1. The normalized spacial score (nSPS) is 11.9. The van der Waals surface area contributed by atoms with Gasteiger partial charge in [-0.15, -0.1) is 0 Å². The Balaban J connectivity index is 1.50. The molecule has 0 aliphatic carbocycles. The Hall–Kier alpha value is -3.76. The van der Waals surface area contributed by atoms with Gasteiger partial charge >= 0.3 is 0 Å². The number of rotatable bonds is 7. The van der Waals surface area contributed by atoms with Gasteiger partial charge in [-0.05, 0) is 66.4 Å². The summed E-state index contributed by atoms with van der Waals surface area (Å²) in [4.78, 5) is 30.1. The number of hydrogen-bond donors (Lipinski definition) is 4. The maximum atomic E-state index is 13.0. The minimum Gasteiger partial charge on any atom is -0.321 e. The molecule has 10 heteroatoms. The van der Waals surface area contributed by atoms with Crippen LogP contribution in [0.15, 0.2) is 76.6 Å². The van der Waals surface area contributed by atoms with Crippen LogP contribution in [-0.2, 0) is 0 Å². The van der Waals surface area contributed by atoms with Gasteiger partial charge in [0, 0.05) is 10.0 Å². The summed E-state index contributed by atoms with van der Waals surface area (Å²) in [5.41, 5.74) is 7.52. The van der Waals surface area contributed by atoms with Gasteiger partial charge in [0.25, 0.3) is 11.8 Å². The zero-order chi connectivity index (χ0) is 25.7. The van der Waals surface area contributed by atoms with E-state index in [-0.39, 0.29) is 16.7 Å². The maximum absolute atomic E-state index is 13.0. The standard InChI is InChI=1S/C26H23BrN6O2S/c1-15-6-7-17(10-16(15)2)13-29-33-26(35)21-12-20(27)8-9-22(21)31-25(34)19-5-3-4-18(11-19)23(36)24-28-14-30-32-24/h3-14,23,36H,1-2H3,(H,31,34)(H,33,35)(H,28,30,32)/b29-13+. The Kier molecular flexibility index (Phi) is 7.97. The number of hydrogen-bond acceptors (Lipinski definition) is 6. The van der Waals surface area contributed by atoms with Crippen molar-refractivity contribution in [1.82, 2.24) is 20.6 Å². The number of benzene rings is 3. The summed E-state index contributed by atoms with van der Waals surface area (Å²) in [6.45, 7) is 4.05. The first kappa shape index (κ1) is 25.3. The molecule has 8 nitrogen and oxygen atoms in total. The number of H-pyrrole nitrogens is 1. The summed E-state index contributed by atoms with van der Waals surface area (Å²) in [7, 11) is 0. The number of carbonyl (C=O) groups is 2. The van der Waals surface area contributed by atoms with Crippen LogP contribution in [0.5, 0.6) is 0 Å². The molecule has 3 aromatic carbocycles. The Labute approximate surface area is 222 Å². The third kappa shape index (κ3) is 6.07. The van der Waals surface area contributed by atoms with Crippen molar-refractivity contribution in [2.45, 2.75) is 19.1 Å². The molecule has 1 atom stereocenters. The van der Waals surface area contributed by atoms with E-state index in [1.807, 2.05) is 38.1 Å². The molecule has 0 spiro atoms. The molecular weight excluding hydrogens is 540 g/mol. The van der Waals surface area contributed by atoms with Crippen molar-refractivity contribution in [3.05, 3.63) is 111 Å². The highest BCUT2D eigenvalue weighted by Gasteiger charge is 2.17. The lowest BCUT2D eigenvalue weighted by atomic mass is 10.1. The molecule has 0 saturated heterocycles. The van der Waals surface area contributed by atoms with Gasteiger partial charge in [0.15, 0.2) is 0 Å². The Morgan fingerprint density at radius 3 is 2.64 bits per heavy atom. The smallest absolute Gasteiger partial charge is 0.273 e. The summed E-state index contributed by atoms with van der Waals surface area (Å²) in [6, 6.07) is 18.0. The largest absolute Gasteiger partial charge is 0.321 e. The van der Waals surface area contributed by atoms with Gasteiger partial charge < -0.3 is 5.32 Å². The molecule has 1 heterocycles. The average molecular weight is 563 g/mol. The Morgan fingerprint density at radius 1 is 1.06 bits per heavy atom. The maximum Gasteiger partial charge on any atom is 0.273 e. The molecule has 0 bridgehead atoms.